The van der Waals surface area contributed by atoms with E-state index in [9.17, 15) is 0 Å². The molecule has 0 radical (unpaired) electrons. The van der Waals surface area contributed by atoms with E-state index in [0.717, 1.165) is 23.1 Å². The summed E-state index contributed by atoms with van der Waals surface area (Å²) in [5, 5.41) is 4.08. The molecule has 2 heterocycles. The summed E-state index contributed by atoms with van der Waals surface area (Å²) in [5.74, 6) is 0.882. The molecule has 2 aromatic rings. The third-order valence-electron chi connectivity index (χ3n) is 2.12. The topological polar surface area (TPSA) is 51.0 Å². The maximum absolute atomic E-state index is 4.99. The van der Waals surface area contributed by atoms with E-state index in [2.05, 4.69) is 35.4 Å². The smallest absolute Gasteiger partial charge is 0.202 e. The molecule has 0 aliphatic carbocycles. The zero-order valence-electron chi connectivity index (χ0n) is 9.65. The molecule has 2 rings (SSSR count). The van der Waals surface area contributed by atoms with Gasteiger partial charge in [0.1, 0.15) is 5.82 Å². The number of hydrogen-bond donors (Lipinski definition) is 1. The Morgan fingerprint density at radius 1 is 1.44 bits per heavy atom. The lowest BCUT2D eigenvalue weighted by molar-refractivity contribution is 0.555. The van der Waals surface area contributed by atoms with Crippen LogP contribution in [0.5, 0.6) is 0 Å². The molecule has 4 nitrogen and oxygen atoms in total. The number of nitrogens with zero attached hydrogens (tertiary/aromatic N) is 2. The number of nitrogens with one attached hydrogen (secondary N) is 1. The van der Waals surface area contributed by atoms with Gasteiger partial charge in [0.2, 0.25) is 5.13 Å². The van der Waals surface area contributed by atoms with Gasteiger partial charge in [0, 0.05) is 29.1 Å². The second-order valence-corrected chi connectivity index (χ2v) is 5.41. The molecule has 0 bridgehead atoms. The standard InChI is InChI=1S/C11H15N3OS/c1-11(2,3)9-13-10(16-14-9)12-6-8-4-5-15-7-8/h4-5,7H,6H2,1-3H3,(H,12,13,14). The quantitative estimate of drug-likeness (QED) is 0.891. The summed E-state index contributed by atoms with van der Waals surface area (Å²) in [6, 6.07) is 1.93. The number of rotatable bonds is 3. The molecule has 0 aromatic carbocycles. The minimum atomic E-state index is 0.00602. The predicted octanol–water partition coefficient (Wildman–Crippen LogP) is 3.04. The lowest BCUT2D eigenvalue weighted by Gasteiger charge is -2.12. The van der Waals surface area contributed by atoms with Crippen molar-refractivity contribution >= 4 is 16.7 Å². The second kappa shape index (κ2) is 4.25. The Labute approximate surface area is 98.9 Å². The Kier molecular flexibility index (Phi) is 2.96. The monoisotopic (exact) mass is 237 g/mol. The highest BCUT2D eigenvalue weighted by atomic mass is 32.1. The van der Waals surface area contributed by atoms with E-state index in [-0.39, 0.29) is 5.41 Å². The molecule has 0 aliphatic rings. The van der Waals surface area contributed by atoms with Crippen LogP contribution in [0, 0.1) is 0 Å². The van der Waals surface area contributed by atoms with Gasteiger partial charge >= 0.3 is 0 Å². The van der Waals surface area contributed by atoms with Crippen LogP contribution in [0.1, 0.15) is 32.2 Å². The van der Waals surface area contributed by atoms with Crippen molar-refractivity contribution in [3.05, 3.63) is 30.0 Å². The third-order valence-corrected chi connectivity index (χ3v) is 2.79. The van der Waals surface area contributed by atoms with Gasteiger partial charge in [0.25, 0.3) is 0 Å². The first-order chi connectivity index (χ1) is 7.55. The molecule has 0 aliphatic heterocycles. The molecule has 5 heteroatoms. The van der Waals surface area contributed by atoms with Crippen LogP contribution in [0.4, 0.5) is 5.13 Å². The molecule has 0 amide bonds. The van der Waals surface area contributed by atoms with Crippen molar-refractivity contribution < 1.29 is 4.42 Å². The fourth-order valence-electron chi connectivity index (χ4n) is 1.17. The summed E-state index contributed by atoms with van der Waals surface area (Å²) in [4.78, 5) is 4.45. The first-order valence-corrected chi connectivity index (χ1v) is 5.92. The van der Waals surface area contributed by atoms with Gasteiger partial charge in [-0.3, -0.25) is 0 Å². The zero-order valence-corrected chi connectivity index (χ0v) is 10.5. The van der Waals surface area contributed by atoms with E-state index in [1.54, 1.807) is 12.5 Å². The largest absolute Gasteiger partial charge is 0.472 e. The highest BCUT2D eigenvalue weighted by Crippen LogP contribution is 2.23. The van der Waals surface area contributed by atoms with Crippen molar-refractivity contribution in [2.75, 3.05) is 5.32 Å². The normalized spacial score (nSPS) is 11.7. The van der Waals surface area contributed by atoms with Gasteiger partial charge < -0.3 is 9.73 Å². The van der Waals surface area contributed by atoms with Crippen molar-refractivity contribution in [2.45, 2.75) is 32.7 Å². The van der Waals surface area contributed by atoms with Crippen molar-refractivity contribution in [1.29, 1.82) is 0 Å². The number of hydrogen-bond acceptors (Lipinski definition) is 5. The lowest BCUT2D eigenvalue weighted by atomic mass is 9.96. The molecule has 86 valence electrons. The SMILES string of the molecule is CC(C)(C)c1nsc(NCc2ccoc2)n1. The van der Waals surface area contributed by atoms with E-state index < -0.39 is 0 Å². The highest BCUT2D eigenvalue weighted by molar-refractivity contribution is 7.09. The predicted molar refractivity (Wildman–Crippen MR) is 64.6 cm³/mol. The van der Waals surface area contributed by atoms with Gasteiger partial charge in [-0.1, -0.05) is 20.8 Å². The molecule has 1 N–H and O–H groups in total. The maximum Gasteiger partial charge on any atom is 0.202 e. The summed E-state index contributed by atoms with van der Waals surface area (Å²) < 4.78 is 9.32. The van der Waals surface area contributed by atoms with E-state index in [1.807, 2.05) is 6.07 Å². The summed E-state index contributed by atoms with van der Waals surface area (Å²) in [6.07, 6.45) is 3.39. The molecule has 0 spiro atoms. The van der Waals surface area contributed by atoms with Gasteiger partial charge in [-0.15, -0.1) is 0 Å². The van der Waals surface area contributed by atoms with Gasteiger partial charge in [-0.25, -0.2) is 4.98 Å². The summed E-state index contributed by atoms with van der Waals surface area (Å²) in [6.45, 7) is 7.04. The molecular formula is C11H15N3OS. The third kappa shape index (κ3) is 2.61. The molecular weight excluding hydrogens is 222 g/mol. The van der Waals surface area contributed by atoms with Crippen LogP contribution in [0.15, 0.2) is 23.0 Å². The summed E-state index contributed by atoms with van der Waals surface area (Å²) >= 11 is 1.40. The molecule has 0 fully saturated rings. The Bertz CT molecular complexity index is 442. The summed E-state index contributed by atoms with van der Waals surface area (Å²) in [7, 11) is 0. The molecule has 0 unspecified atom stereocenters. The van der Waals surface area contributed by atoms with E-state index >= 15 is 0 Å². The van der Waals surface area contributed by atoms with Crippen LogP contribution < -0.4 is 5.32 Å². The average molecular weight is 237 g/mol. The van der Waals surface area contributed by atoms with Crippen molar-refractivity contribution in [2.24, 2.45) is 0 Å². The van der Waals surface area contributed by atoms with Crippen LogP contribution in [-0.2, 0) is 12.0 Å². The second-order valence-electron chi connectivity index (χ2n) is 4.66. The molecule has 0 saturated carbocycles. The Balaban J connectivity index is 1.98. The first kappa shape index (κ1) is 11.1. The number of aromatic nitrogens is 2. The minimum Gasteiger partial charge on any atom is -0.472 e. The molecule has 2 aromatic heterocycles. The maximum atomic E-state index is 4.99. The van der Waals surface area contributed by atoms with Crippen molar-refractivity contribution in [3.8, 4) is 0 Å². The van der Waals surface area contributed by atoms with Crippen LogP contribution >= 0.6 is 11.5 Å². The number of anilines is 1. The van der Waals surface area contributed by atoms with E-state index in [4.69, 9.17) is 4.42 Å². The Morgan fingerprint density at radius 2 is 2.25 bits per heavy atom. The number of furan rings is 1. The Hall–Kier alpha value is -1.36. The van der Waals surface area contributed by atoms with E-state index in [1.165, 1.54) is 11.5 Å². The Morgan fingerprint density at radius 3 is 2.81 bits per heavy atom. The molecule has 0 atom stereocenters. The van der Waals surface area contributed by atoms with Crippen LogP contribution in [0.3, 0.4) is 0 Å². The zero-order chi connectivity index (χ0) is 11.6. The fourth-order valence-corrected chi connectivity index (χ4v) is 1.92. The van der Waals surface area contributed by atoms with Crippen LogP contribution in [0.2, 0.25) is 0 Å². The van der Waals surface area contributed by atoms with E-state index in [0.29, 0.717) is 0 Å². The average Bonchev–Trinajstić information content (AvgIpc) is 2.85. The molecule has 16 heavy (non-hydrogen) atoms. The minimum absolute atomic E-state index is 0.00602. The van der Waals surface area contributed by atoms with Crippen LogP contribution in [-0.4, -0.2) is 9.36 Å². The van der Waals surface area contributed by atoms with Gasteiger partial charge in [0.15, 0.2) is 0 Å². The molecule has 0 saturated heterocycles. The highest BCUT2D eigenvalue weighted by Gasteiger charge is 2.19. The van der Waals surface area contributed by atoms with Crippen LogP contribution in [0.25, 0.3) is 0 Å². The summed E-state index contributed by atoms with van der Waals surface area (Å²) in [5.41, 5.74) is 1.11. The van der Waals surface area contributed by atoms with Gasteiger partial charge in [-0.2, -0.15) is 4.37 Å². The van der Waals surface area contributed by atoms with Gasteiger partial charge in [-0.05, 0) is 6.07 Å². The first-order valence-electron chi connectivity index (χ1n) is 5.15. The van der Waals surface area contributed by atoms with Crippen molar-refractivity contribution in [1.82, 2.24) is 9.36 Å². The lowest BCUT2D eigenvalue weighted by Crippen LogP contribution is -2.13. The van der Waals surface area contributed by atoms with Crippen molar-refractivity contribution in [3.63, 3.8) is 0 Å². The van der Waals surface area contributed by atoms with Gasteiger partial charge in [0.05, 0.1) is 12.5 Å². The fraction of sp³-hybridized carbons (Fsp3) is 0.455.